The molecular weight excluding hydrogens is 209 g/mol. The zero-order valence-electron chi connectivity index (χ0n) is 9.83. The number of aliphatic hydroxyl groups excluding tert-OH is 1. The third-order valence-electron chi connectivity index (χ3n) is 2.48. The van der Waals surface area contributed by atoms with E-state index in [2.05, 4.69) is 5.32 Å². The summed E-state index contributed by atoms with van der Waals surface area (Å²) in [6, 6.07) is 5.11. The van der Waals surface area contributed by atoms with Crippen molar-refractivity contribution in [2.75, 3.05) is 20.7 Å². The van der Waals surface area contributed by atoms with Crippen LogP contribution in [0.4, 0.5) is 4.39 Å². The van der Waals surface area contributed by atoms with E-state index in [0.29, 0.717) is 23.4 Å². The fraction of sp³-hybridized carbons (Fsp3) is 0.500. The van der Waals surface area contributed by atoms with Crippen LogP contribution in [0.25, 0.3) is 0 Å². The van der Waals surface area contributed by atoms with Gasteiger partial charge in [0, 0.05) is 12.1 Å². The number of alkyl halides is 1. The molecule has 0 bridgehead atoms. The van der Waals surface area contributed by atoms with Crippen LogP contribution in [-0.2, 0) is 0 Å². The second-order valence-electron chi connectivity index (χ2n) is 3.65. The number of benzene rings is 1. The molecule has 0 aliphatic rings. The third-order valence-corrected chi connectivity index (χ3v) is 2.48. The monoisotopic (exact) mass is 227 g/mol. The predicted molar refractivity (Wildman–Crippen MR) is 61.4 cm³/mol. The first-order valence-electron chi connectivity index (χ1n) is 5.25. The molecule has 0 aromatic heterocycles. The number of hydrogen-bond donors (Lipinski definition) is 2. The van der Waals surface area contributed by atoms with Gasteiger partial charge in [-0.15, -0.1) is 0 Å². The highest BCUT2D eigenvalue weighted by molar-refractivity contribution is 5.43. The zero-order chi connectivity index (χ0) is 12.1. The van der Waals surface area contributed by atoms with Gasteiger partial charge in [-0.2, -0.15) is 0 Å². The first kappa shape index (κ1) is 12.9. The van der Waals surface area contributed by atoms with Crippen LogP contribution in [0.15, 0.2) is 18.2 Å². The molecule has 0 aliphatic carbocycles. The maximum Gasteiger partial charge on any atom is 0.125 e. The number of likely N-dealkylation sites (N-methyl/N-ethyl adjacent to an activating group) is 1. The van der Waals surface area contributed by atoms with E-state index in [1.165, 1.54) is 14.0 Å². The van der Waals surface area contributed by atoms with E-state index < -0.39 is 12.3 Å². The smallest absolute Gasteiger partial charge is 0.125 e. The van der Waals surface area contributed by atoms with Gasteiger partial charge in [-0.1, -0.05) is 12.1 Å². The van der Waals surface area contributed by atoms with Crippen molar-refractivity contribution >= 4 is 0 Å². The van der Waals surface area contributed by atoms with Crippen LogP contribution in [0, 0.1) is 0 Å². The van der Waals surface area contributed by atoms with E-state index in [4.69, 9.17) is 4.74 Å². The van der Waals surface area contributed by atoms with Crippen molar-refractivity contribution < 1.29 is 14.2 Å². The molecule has 1 rings (SSSR count). The second kappa shape index (κ2) is 5.82. The second-order valence-corrected chi connectivity index (χ2v) is 3.65. The summed E-state index contributed by atoms with van der Waals surface area (Å²) in [5.74, 6) is 0.518. The van der Waals surface area contributed by atoms with Crippen molar-refractivity contribution in [1.29, 1.82) is 0 Å². The Morgan fingerprint density at radius 1 is 1.50 bits per heavy atom. The number of hydrogen-bond acceptors (Lipinski definition) is 3. The van der Waals surface area contributed by atoms with Crippen molar-refractivity contribution in [3.05, 3.63) is 29.3 Å². The minimum atomic E-state index is -1.13. The average molecular weight is 227 g/mol. The highest BCUT2D eigenvalue weighted by Crippen LogP contribution is 2.33. The van der Waals surface area contributed by atoms with Crippen molar-refractivity contribution in [3.63, 3.8) is 0 Å². The highest BCUT2D eigenvalue weighted by Gasteiger charge is 2.20. The Labute approximate surface area is 95.2 Å². The van der Waals surface area contributed by atoms with Crippen molar-refractivity contribution in [1.82, 2.24) is 5.32 Å². The van der Waals surface area contributed by atoms with E-state index in [0.717, 1.165) is 0 Å². The first-order valence-corrected chi connectivity index (χ1v) is 5.25. The normalized spacial score (nSPS) is 14.6. The Bertz CT molecular complexity index is 342. The van der Waals surface area contributed by atoms with Gasteiger partial charge < -0.3 is 15.2 Å². The summed E-state index contributed by atoms with van der Waals surface area (Å²) >= 11 is 0. The molecule has 0 radical (unpaired) electrons. The summed E-state index contributed by atoms with van der Waals surface area (Å²) < 4.78 is 18.6. The van der Waals surface area contributed by atoms with Crippen molar-refractivity contribution in [3.8, 4) is 5.75 Å². The molecular formula is C12H18FNO2. The average Bonchev–Trinajstić information content (AvgIpc) is 2.28. The summed E-state index contributed by atoms with van der Waals surface area (Å²) in [7, 11) is 3.24. The molecule has 4 heteroatoms. The van der Waals surface area contributed by atoms with Crippen LogP contribution in [0.2, 0.25) is 0 Å². The molecule has 0 saturated heterocycles. The quantitative estimate of drug-likeness (QED) is 0.808. The molecule has 90 valence electrons. The molecule has 2 N–H and O–H groups in total. The van der Waals surface area contributed by atoms with Gasteiger partial charge in [0.15, 0.2) is 0 Å². The fourth-order valence-electron chi connectivity index (χ4n) is 1.74. The van der Waals surface area contributed by atoms with Gasteiger partial charge in [0.2, 0.25) is 0 Å². The van der Waals surface area contributed by atoms with Gasteiger partial charge in [-0.3, -0.25) is 0 Å². The number of nitrogens with one attached hydrogen (secondary N) is 1. The first-order chi connectivity index (χ1) is 7.61. The molecule has 1 aromatic carbocycles. The SMILES string of the molecule is CNCC(O)c1c(OC)cccc1C(C)F. The van der Waals surface area contributed by atoms with Crippen LogP contribution in [0.1, 0.15) is 30.3 Å². The molecule has 16 heavy (non-hydrogen) atoms. The van der Waals surface area contributed by atoms with E-state index in [1.807, 2.05) is 0 Å². The van der Waals surface area contributed by atoms with Gasteiger partial charge >= 0.3 is 0 Å². The molecule has 0 fully saturated rings. The number of halogens is 1. The molecule has 0 heterocycles. The standard InChI is InChI=1S/C12H18FNO2/c1-8(13)9-5-4-6-11(16-3)12(9)10(15)7-14-2/h4-6,8,10,14-15H,7H2,1-3H3. The maximum atomic E-state index is 13.4. The van der Waals surface area contributed by atoms with Crippen LogP contribution in [0.3, 0.4) is 0 Å². The predicted octanol–water partition coefficient (Wildman–Crippen LogP) is 1.98. The number of methoxy groups -OCH3 is 1. The third kappa shape index (κ3) is 2.71. The highest BCUT2D eigenvalue weighted by atomic mass is 19.1. The van der Waals surface area contributed by atoms with Crippen LogP contribution in [0.5, 0.6) is 5.75 Å². The largest absolute Gasteiger partial charge is 0.496 e. The molecule has 0 spiro atoms. The number of rotatable bonds is 5. The Morgan fingerprint density at radius 3 is 2.69 bits per heavy atom. The lowest BCUT2D eigenvalue weighted by Crippen LogP contribution is -2.18. The van der Waals surface area contributed by atoms with E-state index in [9.17, 15) is 9.50 Å². The summed E-state index contributed by atoms with van der Waals surface area (Å²) in [6.45, 7) is 1.81. The lowest BCUT2D eigenvalue weighted by molar-refractivity contribution is 0.170. The molecule has 0 saturated carbocycles. The summed E-state index contributed by atoms with van der Waals surface area (Å²) in [5, 5.41) is 12.8. The van der Waals surface area contributed by atoms with E-state index in [1.54, 1.807) is 25.2 Å². The molecule has 2 atom stereocenters. The number of ether oxygens (including phenoxy) is 1. The van der Waals surface area contributed by atoms with Crippen molar-refractivity contribution in [2.24, 2.45) is 0 Å². The Hall–Kier alpha value is -1.13. The van der Waals surface area contributed by atoms with Gasteiger partial charge in [-0.05, 0) is 25.6 Å². The van der Waals surface area contributed by atoms with Crippen LogP contribution in [-0.4, -0.2) is 25.8 Å². The molecule has 2 unspecified atom stereocenters. The minimum absolute atomic E-state index is 0.361. The van der Waals surface area contributed by atoms with Crippen LogP contribution < -0.4 is 10.1 Å². The van der Waals surface area contributed by atoms with E-state index >= 15 is 0 Å². The van der Waals surface area contributed by atoms with Gasteiger partial charge in [0.25, 0.3) is 0 Å². The van der Waals surface area contributed by atoms with Gasteiger partial charge in [0.05, 0.1) is 13.2 Å². The van der Waals surface area contributed by atoms with Crippen LogP contribution >= 0.6 is 0 Å². The summed E-state index contributed by atoms with van der Waals surface area (Å²) in [6.07, 6.45) is -1.90. The summed E-state index contributed by atoms with van der Waals surface area (Å²) in [4.78, 5) is 0. The van der Waals surface area contributed by atoms with Crippen molar-refractivity contribution in [2.45, 2.75) is 19.2 Å². The topological polar surface area (TPSA) is 41.5 Å². The Morgan fingerprint density at radius 2 is 2.19 bits per heavy atom. The number of aliphatic hydroxyl groups is 1. The van der Waals surface area contributed by atoms with Gasteiger partial charge in [0.1, 0.15) is 11.9 Å². The molecule has 1 aromatic rings. The lowest BCUT2D eigenvalue weighted by Gasteiger charge is -2.19. The minimum Gasteiger partial charge on any atom is -0.496 e. The summed E-state index contributed by atoms with van der Waals surface area (Å²) in [5.41, 5.74) is 0.997. The lowest BCUT2D eigenvalue weighted by atomic mass is 9.98. The molecule has 3 nitrogen and oxygen atoms in total. The fourth-order valence-corrected chi connectivity index (χ4v) is 1.74. The molecule has 0 aliphatic heterocycles. The Kier molecular flexibility index (Phi) is 4.71. The van der Waals surface area contributed by atoms with Gasteiger partial charge in [-0.25, -0.2) is 4.39 Å². The maximum absolute atomic E-state index is 13.4. The Balaban J connectivity index is 3.18. The zero-order valence-corrected chi connectivity index (χ0v) is 9.83. The van der Waals surface area contributed by atoms with E-state index in [-0.39, 0.29) is 0 Å². The molecule has 0 amide bonds.